The molecule has 1 aromatic heterocycles. The molecule has 0 bridgehead atoms. The number of nitrogens with zero attached hydrogens (tertiary/aromatic N) is 3. The van der Waals surface area contributed by atoms with Crippen LogP contribution in [0.3, 0.4) is 0 Å². The number of aliphatic imine (C=N–C) groups is 1. The van der Waals surface area contributed by atoms with Gasteiger partial charge in [0.1, 0.15) is 12.4 Å². The molecule has 0 saturated heterocycles. The molecule has 430 valence electrons. The monoisotopic (exact) mass is 1130 g/mol. The van der Waals surface area contributed by atoms with E-state index in [-0.39, 0.29) is 97.9 Å². The summed E-state index contributed by atoms with van der Waals surface area (Å²) in [7, 11) is -3.94. The lowest BCUT2D eigenvalue weighted by molar-refractivity contribution is -0.181. The van der Waals surface area contributed by atoms with Gasteiger partial charge in [-0.25, -0.2) is 28.3 Å². The highest BCUT2D eigenvalue weighted by Gasteiger charge is 2.30. The third-order valence-electron chi connectivity index (χ3n) is 10.3. The number of hydrogen-bond donors (Lipinski definition) is 4. The van der Waals surface area contributed by atoms with Crippen molar-refractivity contribution in [2.45, 2.75) is 31.1 Å². The molecule has 5 N–H and O–H groups in total. The summed E-state index contributed by atoms with van der Waals surface area (Å²) in [6, 6.07) is 4.34. The summed E-state index contributed by atoms with van der Waals surface area (Å²) in [5, 5.41) is 8.26. The number of hydroxylamine groups is 2. The van der Waals surface area contributed by atoms with E-state index >= 15 is 0 Å². The quantitative estimate of drug-likeness (QED) is 0.0416. The van der Waals surface area contributed by atoms with Gasteiger partial charge in [-0.3, -0.25) is 28.7 Å². The van der Waals surface area contributed by atoms with E-state index < -0.39 is 27.9 Å². The molecule has 2 aromatic rings. The number of nitrogens with two attached hydrogens (primary N) is 1. The lowest BCUT2D eigenvalue weighted by Gasteiger charge is -2.22. The Balaban J connectivity index is 0.844. The standard InChI is InChI=1S/C49H73N7O19S2/c1-2-10-56(47(60)39-34-38-3-4-40(36-42(38)54-45(50)35-39)77(62,63)55-48-52-9-33-76-48)75-12-8-53-49(61)74-32-31-73-30-29-72-28-27-71-26-25-70-24-23-69-22-21-68-20-19-67-18-17-66-16-15-65-14-13-64-11-7-51-46(59)37-41-43(57)5-6-44(41)58/h3-6,9,33-34,36,41H,2,7-8,10-32,35,37H2,1H3,(H2,50,54)(H,51,59)(H,52,55)(H,53,61). The van der Waals surface area contributed by atoms with Crippen molar-refractivity contribution in [3.05, 3.63) is 53.1 Å². The van der Waals surface area contributed by atoms with E-state index in [1.807, 2.05) is 6.92 Å². The predicted molar refractivity (Wildman–Crippen MR) is 279 cm³/mol. The van der Waals surface area contributed by atoms with Crippen LogP contribution in [-0.4, -0.2) is 219 Å². The maximum Gasteiger partial charge on any atom is 0.407 e. The first-order valence-corrected chi connectivity index (χ1v) is 27.6. The molecular formula is C49H73N7O19S2. The van der Waals surface area contributed by atoms with Crippen LogP contribution in [0.1, 0.15) is 31.7 Å². The SMILES string of the molecule is CCCN(OCCNC(=O)OCCOCCOCCOCCOCCOCCOCCOCCOCCOCCOCCNC(=O)CC1C(=O)C=CC1=O)C(=O)C1=Cc2ccc(S(=O)(=O)Nc3nccs3)cc2N=C(N)C1. The lowest BCUT2D eigenvalue weighted by Crippen LogP contribution is -2.37. The Labute approximate surface area is 452 Å². The second-order valence-corrected chi connectivity index (χ2v) is 18.9. The minimum Gasteiger partial charge on any atom is -0.447 e. The molecule has 1 aliphatic heterocycles. The zero-order valence-corrected chi connectivity index (χ0v) is 45.1. The number of rotatable bonds is 45. The number of thiazole rings is 1. The average molecular weight is 1130 g/mol. The van der Waals surface area contributed by atoms with Gasteiger partial charge in [0.2, 0.25) is 5.91 Å². The number of benzene rings is 1. The Morgan fingerprint density at radius 2 is 1.18 bits per heavy atom. The fourth-order valence-electron chi connectivity index (χ4n) is 6.60. The summed E-state index contributed by atoms with van der Waals surface area (Å²) in [5.74, 6) is -2.27. The number of hydrogen-bond acceptors (Lipinski definition) is 23. The van der Waals surface area contributed by atoms with Crippen molar-refractivity contribution in [2.75, 3.05) is 170 Å². The number of amidine groups is 1. The lowest BCUT2D eigenvalue weighted by atomic mass is 10.0. The maximum absolute atomic E-state index is 13.6. The molecule has 0 saturated carbocycles. The molecule has 2 heterocycles. The molecule has 77 heavy (non-hydrogen) atoms. The first-order valence-electron chi connectivity index (χ1n) is 25.2. The average Bonchev–Trinajstić information content (AvgIpc) is 3.99. The summed E-state index contributed by atoms with van der Waals surface area (Å²) in [6.45, 7) is 10.2. The third kappa shape index (κ3) is 27.7. The van der Waals surface area contributed by atoms with Crippen LogP contribution in [-0.2, 0) is 86.1 Å². The van der Waals surface area contributed by atoms with Gasteiger partial charge < -0.3 is 68.5 Å². The van der Waals surface area contributed by atoms with Crippen molar-refractivity contribution in [3.63, 3.8) is 0 Å². The van der Waals surface area contributed by atoms with Gasteiger partial charge in [-0.15, -0.1) is 11.3 Å². The van der Waals surface area contributed by atoms with Gasteiger partial charge in [-0.1, -0.05) is 13.0 Å². The molecule has 0 fully saturated rings. The molecule has 3 amide bonds. The van der Waals surface area contributed by atoms with E-state index in [1.54, 1.807) is 17.5 Å². The van der Waals surface area contributed by atoms with Crippen molar-refractivity contribution < 1.29 is 89.3 Å². The number of ether oxygens (including phenoxy) is 11. The molecule has 1 aliphatic carbocycles. The zero-order chi connectivity index (χ0) is 55.2. The molecule has 26 nitrogen and oxygen atoms in total. The normalized spacial score (nSPS) is 13.5. The highest BCUT2D eigenvalue weighted by molar-refractivity contribution is 7.93. The Morgan fingerprint density at radius 1 is 0.688 bits per heavy atom. The van der Waals surface area contributed by atoms with E-state index in [1.165, 1.54) is 35.5 Å². The molecular weight excluding hydrogens is 1050 g/mol. The smallest absolute Gasteiger partial charge is 0.407 e. The molecule has 28 heteroatoms. The van der Waals surface area contributed by atoms with Crippen LogP contribution in [0.2, 0.25) is 0 Å². The first kappa shape index (κ1) is 64.2. The Morgan fingerprint density at radius 3 is 1.68 bits per heavy atom. The fourth-order valence-corrected chi connectivity index (χ4v) is 8.41. The topological polar surface area (TPSA) is 321 Å². The number of aromatic nitrogens is 1. The highest BCUT2D eigenvalue weighted by Crippen LogP contribution is 2.31. The molecule has 1 aromatic carbocycles. The Kier molecular flexibility index (Phi) is 32.6. The van der Waals surface area contributed by atoms with Crippen molar-refractivity contribution in [1.82, 2.24) is 20.7 Å². The van der Waals surface area contributed by atoms with Crippen LogP contribution in [0, 0.1) is 5.92 Å². The number of amides is 3. The van der Waals surface area contributed by atoms with Crippen molar-refractivity contribution >= 4 is 73.6 Å². The van der Waals surface area contributed by atoms with Crippen LogP contribution in [0.25, 0.3) is 6.08 Å². The van der Waals surface area contributed by atoms with Gasteiger partial charge in [0.05, 0.1) is 155 Å². The Hall–Kier alpha value is -5.34. The second-order valence-electron chi connectivity index (χ2n) is 16.3. The maximum atomic E-state index is 13.6. The minimum absolute atomic E-state index is 0.00644. The Bertz CT molecular complexity index is 2250. The number of nitrogens with one attached hydrogen (secondary N) is 3. The van der Waals surface area contributed by atoms with Crippen LogP contribution < -0.4 is 21.1 Å². The number of carbonyl (C=O) groups excluding carboxylic acids is 5. The zero-order valence-electron chi connectivity index (χ0n) is 43.5. The van der Waals surface area contributed by atoms with Gasteiger partial charge in [0, 0.05) is 55.2 Å². The summed E-state index contributed by atoms with van der Waals surface area (Å²) in [6.07, 6.45) is 5.26. The summed E-state index contributed by atoms with van der Waals surface area (Å²) >= 11 is 1.14. The van der Waals surface area contributed by atoms with Crippen LogP contribution in [0.15, 0.2) is 57.4 Å². The van der Waals surface area contributed by atoms with Crippen molar-refractivity contribution in [2.24, 2.45) is 16.6 Å². The number of sulfonamides is 1. The number of anilines is 1. The third-order valence-corrected chi connectivity index (χ3v) is 12.5. The summed E-state index contributed by atoms with van der Waals surface area (Å²) < 4.78 is 88.1. The largest absolute Gasteiger partial charge is 0.447 e. The second kappa shape index (κ2) is 39.1. The van der Waals surface area contributed by atoms with Crippen LogP contribution in [0.5, 0.6) is 0 Å². The van der Waals surface area contributed by atoms with Crippen molar-refractivity contribution in [3.8, 4) is 0 Å². The molecule has 4 rings (SSSR count). The summed E-state index contributed by atoms with van der Waals surface area (Å²) in [4.78, 5) is 74.7. The fraction of sp³-hybridized carbons (Fsp3) is 0.612. The van der Waals surface area contributed by atoms with Gasteiger partial charge >= 0.3 is 6.09 Å². The number of carbonyl (C=O) groups is 5. The number of fused-ring (bicyclic) bond motifs is 1. The summed E-state index contributed by atoms with van der Waals surface area (Å²) in [5.41, 5.74) is 7.24. The van der Waals surface area contributed by atoms with E-state index in [0.717, 1.165) is 11.3 Å². The predicted octanol–water partition coefficient (Wildman–Crippen LogP) is 1.61. The van der Waals surface area contributed by atoms with E-state index in [4.69, 9.17) is 62.7 Å². The molecule has 0 atom stereocenters. The van der Waals surface area contributed by atoms with Crippen molar-refractivity contribution in [1.29, 1.82) is 0 Å². The van der Waals surface area contributed by atoms with Gasteiger partial charge in [-0.05, 0) is 36.8 Å². The van der Waals surface area contributed by atoms with Crippen LogP contribution in [0.4, 0.5) is 15.6 Å². The first-order chi connectivity index (χ1) is 37.5. The minimum atomic E-state index is -3.94. The van der Waals surface area contributed by atoms with E-state index in [9.17, 15) is 32.4 Å². The van der Waals surface area contributed by atoms with E-state index in [2.05, 4.69) is 25.3 Å². The van der Waals surface area contributed by atoms with E-state index in [0.29, 0.717) is 136 Å². The van der Waals surface area contributed by atoms with Gasteiger partial charge in [0.15, 0.2) is 16.7 Å². The van der Waals surface area contributed by atoms with Crippen LogP contribution >= 0.6 is 11.3 Å². The molecule has 2 aliphatic rings. The number of allylic oxidation sites excluding steroid dienone is 2. The number of alkyl carbamates (subject to hydrolysis) is 1. The molecule has 0 unspecified atom stereocenters. The van der Waals surface area contributed by atoms with Gasteiger partial charge in [0.25, 0.3) is 15.9 Å². The molecule has 0 radical (unpaired) electrons. The number of ketones is 2. The van der Waals surface area contributed by atoms with Gasteiger partial charge in [-0.2, -0.15) is 0 Å². The highest BCUT2D eigenvalue weighted by atomic mass is 32.2. The molecule has 0 spiro atoms.